The van der Waals surface area contributed by atoms with Crippen molar-refractivity contribution in [3.8, 4) is 0 Å². The largest absolute Gasteiger partial charge is 0.416 e. The van der Waals surface area contributed by atoms with Crippen LogP contribution in [0.3, 0.4) is 0 Å². The van der Waals surface area contributed by atoms with Gasteiger partial charge < -0.3 is 10.2 Å². The lowest BCUT2D eigenvalue weighted by atomic mass is 10.0. The number of halogens is 3. The summed E-state index contributed by atoms with van der Waals surface area (Å²) in [6, 6.07) is 6.96. The number of hydrogen-bond donors (Lipinski definition) is 1. The maximum Gasteiger partial charge on any atom is 0.416 e. The first-order valence-corrected chi connectivity index (χ1v) is 13.5. The quantitative estimate of drug-likeness (QED) is 0.505. The van der Waals surface area contributed by atoms with Gasteiger partial charge in [-0.2, -0.15) is 13.2 Å². The van der Waals surface area contributed by atoms with Gasteiger partial charge in [-0.3, -0.25) is 9.78 Å². The van der Waals surface area contributed by atoms with Crippen LogP contribution in [0, 0.1) is 12.8 Å². The van der Waals surface area contributed by atoms with Gasteiger partial charge in [0.15, 0.2) is 0 Å². The van der Waals surface area contributed by atoms with Gasteiger partial charge in [0.2, 0.25) is 5.91 Å². The van der Waals surface area contributed by atoms with E-state index in [9.17, 15) is 18.0 Å². The molecule has 1 aliphatic carbocycles. The molecule has 1 aromatic carbocycles. The molecule has 2 fully saturated rings. The van der Waals surface area contributed by atoms with Crippen molar-refractivity contribution in [2.24, 2.45) is 5.92 Å². The lowest BCUT2D eigenvalue weighted by molar-refractivity contribution is -0.137. The van der Waals surface area contributed by atoms with Crippen LogP contribution in [-0.2, 0) is 11.0 Å². The van der Waals surface area contributed by atoms with E-state index in [0.717, 1.165) is 55.1 Å². The molecule has 3 heterocycles. The first kappa shape index (κ1) is 23.9. The molecule has 5 rings (SSSR count). The van der Waals surface area contributed by atoms with Crippen molar-refractivity contribution >= 4 is 36.0 Å². The average molecular weight is 501 g/mol. The number of anilines is 1. The Kier molecular flexibility index (Phi) is 6.38. The van der Waals surface area contributed by atoms with Gasteiger partial charge in [0.05, 0.1) is 22.7 Å². The zero-order valence-electron chi connectivity index (χ0n) is 19.6. The number of aromatic nitrogens is 3. The smallest absolute Gasteiger partial charge is 0.363 e. The summed E-state index contributed by atoms with van der Waals surface area (Å²) in [6.07, 6.45) is 1.23. The second-order valence-electron chi connectivity index (χ2n) is 9.25. The Bertz CT molecular complexity index is 1260. The number of benzene rings is 1. The second-order valence-corrected chi connectivity index (χ2v) is 11.7. The van der Waals surface area contributed by atoms with Gasteiger partial charge in [0, 0.05) is 30.4 Å². The molecule has 0 unspecified atom stereocenters. The topological polar surface area (TPSA) is 71.0 Å². The van der Waals surface area contributed by atoms with Crippen molar-refractivity contribution < 1.29 is 18.0 Å². The van der Waals surface area contributed by atoms with Gasteiger partial charge in [0.25, 0.3) is 0 Å². The Labute approximate surface area is 203 Å². The third kappa shape index (κ3) is 5.25. The highest BCUT2D eigenvalue weighted by atomic mass is 31.1. The average Bonchev–Trinajstić information content (AvgIpc) is 3.68. The van der Waals surface area contributed by atoms with Crippen molar-refractivity contribution in [3.63, 3.8) is 0 Å². The highest BCUT2D eigenvalue weighted by Gasteiger charge is 2.35. The molecule has 6 nitrogen and oxygen atoms in total. The molecular weight excluding hydrogens is 474 g/mol. The zero-order valence-corrected chi connectivity index (χ0v) is 20.5. The van der Waals surface area contributed by atoms with Crippen LogP contribution in [0.1, 0.15) is 42.8 Å². The summed E-state index contributed by atoms with van der Waals surface area (Å²) >= 11 is 0. The molecule has 0 radical (unpaired) electrons. The molecule has 184 valence electrons. The maximum absolute atomic E-state index is 13.2. The van der Waals surface area contributed by atoms with Crippen LogP contribution in [0.15, 0.2) is 36.5 Å². The molecule has 2 aromatic heterocycles. The Morgan fingerprint density at radius 3 is 2.60 bits per heavy atom. The minimum atomic E-state index is -4.39. The SMILES string of the molecule is Cc1nc(N[C@H](C)c2cccc(C(F)(F)F)c2)c2cc(P3CCN(C(=O)C4CC4)CC3)ncc2n1. The Balaban J connectivity index is 1.38. The summed E-state index contributed by atoms with van der Waals surface area (Å²) in [5.41, 5.74) is 1.54. The van der Waals surface area contributed by atoms with Crippen molar-refractivity contribution in [2.45, 2.75) is 38.9 Å². The minimum absolute atomic E-state index is 0.242. The standard InChI is InChI=1S/C25H27F3N5OP/c1-15(18-4-3-5-19(12-18)25(26,27)28)30-23-20-13-22(29-14-21(20)31-16(2)32-23)35-10-8-33(9-11-35)24(34)17-6-7-17/h3-5,12-15,17H,6-11H2,1-2H3,(H,30,31,32)/t15-/m1/s1. The molecule has 1 aliphatic heterocycles. The van der Waals surface area contributed by atoms with Gasteiger partial charge >= 0.3 is 6.18 Å². The fourth-order valence-electron chi connectivity index (χ4n) is 4.44. The summed E-state index contributed by atoms with van der Waals surface area (Å²) in [6.45, 7) is 5.13. The van der Waals surface area contributed by atoms with Crippen molar-refractivity contribution in [1.29, 1.82) is 0 Å². The van der Waals surface area contributed by atoms with E-state index in [1.54, 1.807) is 19.2 Å². The summed E-state index contributed by atoms with van der Waals surface area (Å²) in [5.74, 6) is 1.68. The van der Waals surface area contributed by atoms with E-state index >= 15 is 0 Å². The van der Waals surface area contributed by atoms with Gasteiger partial charge in [-0.05, 0) is 62.8 Å². The molecular formula is C25H27F3N5OP. The summed E-state index contributed by atoms with van der Waals surface area (Å²) in [5, 5.41) is 4.10. The van der Waals surface area contributed by atoms with E-state index in [1.165, 1.54) is 12.1 Å². The number of carbonyl (C=O) groups is 1. The molecule has 1 saturated carbocycles. The van der Waals surface area contributed by atoms with E-state index < -0.39 is 25.7 Å². The summed E-state index contributed by atoms with van der Waals surface area (Å²) in [4.78, 5) is 28.1. The number of fused-ring (bicyclic) bond motifs is 1. The number of nitrogens with zero attached hydrogens (tertiary/aromatic N) is 4. The lowest BCUT2D eigenvalue weighted by Gasteiger charge is -2.32. The Morgan fingerprint density at radius 1 is 1.17 bits per heavy atom. The third-order valence-corrected chi connectivity index (χ3v) is 8.96. The van der Waals surface area contributed by atoms with Crippen LogP contribution in [0.4, 0.5) is 19.0 Å². The number of rotatable bonds is 5. The van der Waals surface area contributed by atoms with Gasteiger partial charge in [0.1, 0.15) is 11.6 Å². The fraction of sp³-hybridized carbons (Fsp3) is 0.440. The van der Waals surface area contributed by atoms with Crippen LogP contribution < -0.4 is 10.8 Å². The number of carbonyl (C=O) groups excluding carboxylic acids is 1. The van der Waals surface area contributed by atoms with Gasteiger partial charge in [-0.25, -0.2) is 9.97 Å². The molecule has 1 saturated heterocycles. The summed E-state index contributed by atoms with van der Waals surface area (Å²) in [7, 11) is -0.505. The van der Waals surface area contributed by atoms with Crippen molar-refractivity contribution in [2.75, 3.05) is 30.7 Å². The first-order chi connectivity index (χ1) is 16.7. The van der Waals surface area contributed by atoms with E-state index in [2.05, 4.69) is 20.3 Å². The molecule has 35 heavy (non-hydrogen) atoms. The van der Waals surface area contributed by atoms with Crippen LogP contribution in [0.2, 0.25) is 0 Å². The molecule has 2 aliphatic rings. The monoisotopic (exact) mass is 501 g/mol. The number of amides is 1. The third-order valence-electron chi connectivity index (χ3n) is 6.59. The first-order valence-electron chi connectivity index (χ1n) is 11.8. The van der Waals surface area contributed by atoms with Crippen molar-refractivity contribution in [3.05, 3.63) is 53.5 Å². The van der Waals surface area contributed by atoms with Crippen molar-refractivity contribution in [1.82, 2.24) is 19.9 Å². The predicted molar refractivity (Wildman–Crippen MR) is 131 cm³/mol. The normalized spacial score (nSPS) is 18.0. The fourth-order valence-corrected chi connectivity index (χ4v) is 6.62. The zero-order chi connectivity index (χ0) is 24.7. The molecule has 1 atom stereocenters. The highest BCUT2D eigenvalue weighted by molar-refractivity contribution is 7.65. The second kappa shape index (κ2) is 9.34. The van der Waals surface area contributed by atoms with Gasteiger partial charge in [-0.1, -0.05) is 20.1 Å². The highest BCUT2D eigenvalue weighted by Crippen LogP contribution is 2.39. The number of aryl methyl sites for hydroxylation is 1. The minimum Gasteiger partial charge on any atom is -0.363 e. The van der Waals surface area contributed by atoms with Crippen LogP contribution in [0.5, 0.6) is 0 Å². The maximum atomic E-state index is 13.2. The number of hydrogen-bond acceptors (Lipinski definition) is 5. The van der Waals surface area contributed by atoms with E-state index in [0.29, 0.717) is 28.6 Å². The van der Waals surface area contributed by atoms with E-state index in [4.69, 9.17) is 0 Å². The molecule has 1 N–H and O–H groups in total. The lowest BCUT2D eigenvalue weighted by Crippen LogP contribution is -2.41. The van der Waals surface area contributed by atoms with Crippen LogP contribution >= 0.6 is 7.92 Å². The van der Waals surface area contributed by atoms with Crippen LogP contribution in [-0.4, -0.2) is 51.2 Å². The molecule has 10 heteroatoms. The Morgan fingerprint density at radius 2 is 1.91 bits per heavy atom. The summed E-state index contributed by atoms with van der Waals surface area (Å²) < 4.78 is 39.6. The molecule has 1 amide bonds. The molecule has 0 bridgehead atoms. The number of pyridine rings is 1. The van der Waals surface area contributed by atoms with Gasteiger partial charge in [-0.15, -0.1) is 0 Å². The number of alkyl halides is 3. The van der Waals surface area contributed by atoms with E-state index in [-0.39, 0.29) is 5.92 Å². The number of nitrogens with one attached hydrogen (secondary N) is 1. The van der Waals surface area contributed by atoms with Crippen LogP contribution in [0.25, 0.3) is 10.9 Å². The predicted octanol–water partition coefficient (Wildman–Crippen LogP) is 4.88. The Hall–Kier alpha value is -2.80. The molecule has 3 aromatic rings. The van der Waals surface area contributed by atoms with E-state index in [1.807, 2.05) is 17.9 Å². The molecule has 0 spiro atoms.